The molecule has 0 bridgehead atoms. The van der Waals surface area contributed by atoms with Crippen LogP contribution in [-0.2, 0) is 14.3 Å². The summed E-state index contributed by atoms with van der Waals surface area (Å²) < 4.78 is 15.2. The van der Waals surface area contributed by atoms with Crippen LogP contribution in [0, 0.1) is 5.92 Å². The summed E-state index contributed by atoms with van der Waals surface area (Å²) in [6.07, 6.45) is 2.62. The molecule has 25 heavy (non-hydrogen) atoms. The van der Waals surface area contributed by atoms with Crippen molar-refractivity contribution in [2.24, 2.45) is 5.92 Å². The quantitative estimate of drug-likeness (QED) is 0.754. The molecule has 3 aliphatic heterocycles. The first-order valence-corrected chi connectivity index (χ1v) is 7.94. The number of hydrogen-bond acceptors (Lipinski definition) is 6. The highest BCUT2D eigenvalue weighted by atomic mass is 16.7. The maximum atomic E-state index is 12.2. The molecular weight excluding hydrogens is 328 g/mol. The van der Waals surface area contributed by atoms with Crippen molar-refractivity contribution in [1.82, 2.24) is 9.80 Å². The van der Waals surface area contributed by atoms with Gasteiger partial charge in [-0.25, -0.2) is 9.69 Å². The Labute approximate surface area is 143 Å². The highest BCUT2D eigenvalue weighted by molar-refractivity contribution is 5.98. The predicted molar refractivity (Wildman–Crippen MR) is 84.7 cm³/mol. The highest BCUT2D eigenvalue weighted by Gasteiger charge is 2.37. The molecule has 8 heteroatoms. The average Bonchev–Trinajstić information content (AvgIpc) is 3.15. The maximum Gasteiger partial charge on any atom is 0.417 e. The van der Waals surface area contributed by atoms with Gasteiger partial charge in [-0.05, 0) is 23.8 Å². The Hall–Kier alpha value is -3.03. The fraction of sp³-hybridized carbons (Fsp3) is 0.353. The summed E-state index contributed by atoms with van der Waals surface area (Å²) in [5.74, 6) is 1.03. The third-order valence-corrected chi connectivity index (χ3v) is 4.37. The number of benzene rings is 1. The SMILES string of the molecule is O=C(/C=C/c1ccc2c(c1)OCO2)N1CC(CN2C(=O)COC2=O)C1. The molecule has 0 unspecified atom stereocenters. The molecule has 0 radical (unpaired) electrons. The van der Waals surface area contributed by atoms with Gasteiger partial charge in [0.2, 0.25) is 12.7 Å². The lowest BCUT2D eigenvalue weighted by atomic mass is 9.99. The molecule has 8 nitrogen and oxygen atoms in total. The maximum absolute atomic E-state index is 12.2. The molecule has 0 aromatic heterocycles. The zero-order chi connectivity index (χ0) is 17.4. The van der Waals surface area contributed by atoms with Gasteiger partial charge in [0.1, 0.15) is 0 Å². The summed E-state index contributed by atoms with van der Waals surface area (Å²) >= 11 is 0. The molecule has 3 heterocycles. The number of carbonyl (C=O) groups excluding carboxylic acids is 3. The van der Waals surface area contributed by atoms with E-state index in [0.29, 0.717) is 31.1 Å². The number of carbonyl (C=O) groups is 3. The number of nitrogens with zero attached hydrogens (tertiary/aromatic N) is 2. The van der Waals surface area contributed by atoms with E-state index in [1.54, 1.807) is 17.0 Å². The number of cyclic esters (lactones) is 1. The monoisotopic (exact) mass is 344 g/mol. The summed E-state index contributed by atoms with van der Waals surface area (Å²) in [5.41, 5.74) is 0.847. The largest absolute Gasteiger partial charge is 0.454 e. The lowest BCUT2D eigenvalue weighted by Crippen LogP contribution is -2.54. The van der Waals surface area contributed by atoms with Crippen LogP contribution in [0.4, 0.5) is 4.79 Å². The van der Waals surface area contributed by atoms with E-state index < -0.39 is 6.09 Å². The second kappa shape index (κ2) is 6.12. The number of fused-ring (bicyclic) bond motifs is 1. The van der Waals surface area contributed by atoms with Crippen LogP contribution >= 0.6 is 0 Å². The van der Waals surface area contributed by atoms with Crippen LogP contribution in [0.25, 0.3) is 6.08 Å². The van der Waals surface area contributed by atoms with E-state index in [4.69, 9.17) is 9.47 Å². The molecule has 1 aromatic rings. The van der Waals surface area contributed by atoms with E-state index >= 15 is 0 Å². The fourth-order valence-electron chi connectivity index (χ4n) is 2.97. The average molecular weight is 344 g/mol. The molecule has 0 saturated carbocycles. The molecule has 1 aromatic carbocycles. The van der Waals surface area contributed by atoms with Gasteiger partial charge in [-0.15, -0.1) is 0 Å². The van der Waals surface area contributed by atoms with Gasteiger partial charge >= 0.3 is 6.09 Å². The number of amides is 3. The molecule has 3 amide bonds. The van der Waals surface area contributed by atoms with Gasteiger partial charge in [0.25, 0.3) is 5.91 Å². The van der Waals surface area contributed by atoms with Crippen LogP contribution in [0.1, 0.15) is 5.56 Å². The Kier molecular flexibility index (Phi) is 3.79. The molecule has 0 N–H and O–H groups in total. The van der Waals surface area contributed by atoms with Crippen molar-refractivity contribution >= 4 is 24.0 Å². The van der Waals surface area contributed by atoms with Gasteiger partial charge < -0.3 is 19.1 Å². The van der Waals surface area contributed by atoms with Crippen molar-refractivity contribution in [1.29, 1.82) is 0 Å². The Morgan fingerprint density at radius 1 is 1.16 bits per heavy atom. The van der Waals surface area contributed by atoms with E-state index in [1.807, 2.05) is 12.1 Å². The minimum atomic E-state index is -0.600. The van der Waals surface area contributed by atoms with Crippen molar-refractivity contribution in [3.8, 4) is 11.5 Å². The molecule has 0 atom stereocenters. The van der Waals surface area contributed by atoms with Crippen LogP contribution in [-0.4, -0.2) is 60.7 Å². The zero-order valence-electron chi connectivity index (χ0n) is 13.3. The number of imide groups is 1. The third-order valence-electron chi connectivity index (χ3n) is 4.37. The number of likely N-dealkylation sites (tertiary alicyclic amines) is 1. The molecular formula is C17H16N2O6. The van der Waals surface area contributed by atoms with Crippen LogP contribution in [0.5, 0.6) is 11.5 Å². The summed E-state index contributed by atoms with van der Waals surface area (Å²) in [6.45, 7) is 1.35. The van der Waals surface area contributed by atoms with Crippen LogP contribution < -0.4 is 9.47 Å². The Morgan fingerprint density at radius 3 is 2.72 bits per heavy atom. The number of hydrogen-bond donors (Lipinski definition) is 0. The molecule has 130 valence electrons. The van der Waals surface area contributed by atoms with Crippen molar-refractivity contribution in [3.63, 3.8) is 0 Å². The van der Waals surface area contributed by atoms with Crippen molar-refractivity contribution in [2.75, 3.05) is 33.0 Å². The van der Waals surface area contributed by atoms with Gasteiger partial charge in [-0.3, -0.25) is 9.59 Å². The first kappa shape index (κ1) is 15.5. The lowest BCUT2D eigenvalue weighted by molar-refractivity contribution is -0.133. The number of rotatable bonds is 4. The van der Waals surface area contributed by atoms with E-state index in [9.17, 15) is 14.4 Å². The van der Waals surface area contributed by atoms with Crippen LogP contribution in [0.15, 0.2) is 24.3 Å². The standard InChI is InChI=1S/C17H16N2O6/c20-15(4-2-11-1-3-13-14(5-11)25-10-24-13)18-6-12(7-18)8-19-16(21)9-23-17(19)22/h1-5,12H,6-10H2/b4-2+. The Bertz CT molecular complexity index is 752. The van der Waals surface area contributed by atoms with Crippen molar-refractivity contribution < 1.29 is 28.6 Å². The second-order valence-corrected chi connectivity index (χ2v) is 6.11. The second-order valence-electron chi connectivity index (χ2n) is 6.11. The molecule has 0 spiro atoms. The first-order valence-electron chi connectivity index (χ1n) is 7.94. The van der Waals surface area contributed by atoms with Gasteiger partial charge in [0.15, 0.2) is 18.1 Å². The topological polar surface area (TPSA) is 85.4 Å². The normalized spacial score (nSPS) is 19.5. The smallest absolute Gasteiger partial charge is 0.417 e. The van der Waals surface area contributed by atoms with Crippen LogP contribution in [0.3, 0.4) is 0 Å². The minimum Gasteiger partial charge on any atom is -0.454 e. The summed E-state index contributed by atoms with van der Waals surface area (Å²) in [4.78, 5) is 37.8. The van der Waals surface area contributed by atoms with Crippen LogP contribution in [0.2, 0.25) is 0 Å². The third kappa shape index (κ3) is 3.02. The summed E-state index contributed by atoms with van der Waals surface area (Å²) in [5, 5.41) is 0. The minimum absolute atomic E-state index is 0.0949. The fourth-order valence-corrected chi connectivity index (χ4v) is 2.97. The molecule has 2 fully saturated rings. The molecule has 2 saturated heterocycles. The van der Waals surface area contributed by atoms with Gasteiger partial charge in [-0.2, -0.15) is 0 Å². The van der Waals surface area contributed by atoms with Gasteiger partial charge in [0, 0.05) is 31.6 Å². The molecule has 4 rings (SSSR count). The highest BCUT2D eigenvalue weighted by Crippen LogP contribution is 2.32. The summed E-state index contributed by atoms with van der Waals surface area (Å²) in [7, 11) is 0. The predicted octanol–water partition coefficient (Wildman–Crippen LogP) is 0.866. The van der Waals surface area contributed by atoms with Crippen molar-refractivity contribution in [3.05, 3.63) is 29.8 Å². The summed E-state index contributed by atoms with van der Waals surface area (Å²) in [6, 6.07) is 5.47. The first-order chi connectivity index (χ1) is 12.1. The van der Waals surface area contributed by atoms with Gasteiger partial charge in [0.05, 0.1) is 0 Å². The lowest BCUT2D eigenvalue weighted by Gasteiger charge is -2.39. The van der Waals surface area contributed by atoms with E-state index in [1.165, 1.54) is 6.08 Å². The van der Waals surface area contributed by atoms with E-state index in [0.717, 1.165) is 10.5 Å². The zero-order valence-corrected chi connectivity index (χ0v) is 13.3. The molecule has 3 aliphatic rings. The Balaban J connectivity index is 1.28. The van der Waals surface area contributed by atoms with Crippen molar-refractivity contribution in [2.45, 2.75) is 0 Å². The van der Waals surface area contributed by atoms with E-state index in [2.05, 4.69) is 4.74 Å². The Morgan fingerprint density at radius 2 is 1.96 bits per heavy atom. The number of ether oxygens (including phenoxy) is 3. The molecule has 0 aliphatic carbocycles. The van der Waals surface area contributed by atoms with Gasteiger partial charge in [-0.1, -0.05) is 6.07 Å². The van der Waals surface area contributed by atoms with E-state index in [-0.39, 0.29) is 31.1 Å².